The molecule has 1 aromatic carbocycles. The summed E-state index contributed by atoms with van der Waals surface area (Å²) < 4.78 is 29.6. The molecule has 7 heteroatoms. The van der Waals surface area contributed by atoms with Crippen molar-refractivity contribution in [3.8, 4) is 5.75 Å². The molecule has 0 aliphatic heterocycles. The highest BCUT2D eigenvalue weighted by molar-refractivity contribution is 7.91. The van der Waals surface area contributed by atoms with Gasteiger partial charge in [-0.05, 0) is 31.0 Å². The molecular weight excluding hydrogens is 296 g/mol. The standard InChI is InChI=1S/C14H20O6S/c1-20-12-7-6-11(14(16)17)10-13(12)21(18,19)9-5-3-2-4-8-15/h6-7,10,15H,2-5,8-9H2,1H3,(H,16,17). The minimum atomic E-state index is -3.60. The van der Waals surface area contributed by atoms with E-state index in [-0.39, 0.29) is 28.6 Å². The Morgan fingerprint density at radius 3 is 2.43 bits per heavy atom. The van der Waals surface area contributed by atoms with E-state index in [4.69, 9.17) is 14.9 Å². The molecule has 0 aliphatic carbocycles. The molecule has 0 bridgehead atoms. The average molecular weight is 316 g/mol. The van der Waals surface area contributed by atoms with E-state index in [0.29, 0.717) is 19.3 Å². The smallest absolute Gasteiger partial charge is 0.335 e. The van der Waals surface area contributed by atoms with Gasteiger partial charge in [0.1, 0.15) is 10.6 Å². The second-order valence-corrected chi connectivity index (χ2v) is 6.71. The van der Waals surface area contributed by atoms with Crippen molar-refractivity contribution in [3.63, 3.8) is 0 Å². The summed E-state index contributed by atoms with van der Waals surface area (Å²) in [5.41, 5.74) is -0.0883. The van der Waals surface area contributed by atoms with Crippen LogP contribution in [-0.2, 0) is 9.84 Å². The Morgan fingerprint density at radius 1 is 1.19 bits per heavy atom. The lowest BCUT2D eigenvalue weighted by atomic mass is 10.2. The van der Waals surface area contributed by atoms with E-state index in [1.54, 1.807) is 0 Å². The molecule has 2 N–H and O–H groups in total. The van der Waals surface area contributed by atoms with E-state index in [9.17, 15) is 13.2 Å². The number of benzene rings is 1. The second kappa shape index (κ2) is 7.99. The molecule has 0 saturated heterocycles. The molecule has 1 rings (SSSR count). The summed E-state index contributed by atoms with van der Waals surface area (Å²) in [6.07, 6.45) is 2.57. The number of hydrogen-bond acceptors (Lipinski definition) is 5. The lowest BCUT2D eigenvalue weighted by Crippen LogP contribution is -2.10. The lowest BCUT2D eigenvalue weighted by Gasteiger charge is -2.10. The number of carbonyl (C=O) groups is 1. The fraction of sp³-hybridized carbons (Fsp3) is 0.500. The van der Waals surface area contributed by atoms with Gasteiger partial charge in [0, 0.05) is 6.61 Å². The molecule has 6 nitrogen and oxygen atoms in total. The highest BCUT2D eigenvalue weighted by Gasteiger charge is 2.21. The van der Waals surface area contributed by atoms with Crippen molar-refractivity contribution >= 4 is 15.8 Å². The van der Waals surface area contributed by atoms with E-state index in [2.05, 4.69) is 0 Å². The zero-order valence-corrected chi connectivity index (χ0v) is 12.7. The van der Waals surface area contributed by atoms with Gasteiger partial charge < -0.3 is 14.9 Å². The number of ether oxygens (including phenoxy) is 1. The first-order valence-electron chi connectivity index (χ1n) is 6.67. The van der Waals surface area contributed by atoms with Crippen LogP contribution >= 0.6 is 0 Å². The van der Waals surface area contributed by atoms with Crippen molar-refractivity contribution in [2.24, 2.45) is 0 Å². The van der Waals surface area contributed by atoms with Crippen molar-refractivity contribution in [2.45, 2.75) is 30.6 Å². The fourth-order valence-corrected chi connectivity index (χ4v) is 3.49. The Labute approximate surface area is 124 Å². The molecule has 21 heavy (non-hydrogen) atoms. The number of carboxylic acid groups (broad SMARTS) is 1. The Kier molecular flexibility index (Phi) is 6.64. The second-order valence-electron chi connectivity index (χ2n) is 4.63. The summed E-state index contributed by atoms with van der Waals surface area (Å²) in [5.74, 6) is -1.11. The molecule has 0 radical (unpaired) electrons. The number of carboxylic acids is 1. The molecule has 0 aliphatic rings. The van der Waals surface area contributed by atoms with Gasteiger partial charge in [0.2, 0.25) is 0 Å². The number of aliphatic hydroxyl groups excluding tert-OH is 1. The van der Waals surface area contributed by atoms with Gasteiger partial charge >= 0.3 is 5.97 Å². The van der Waals surface area contributed by atoms with E-state index < -0.39 is 15.8 Å². The molecule has 0 unspecified atom stereocenters. The van der Waals surface area contributed by atoms with Crippen LogP contribution < -0.4 is 4.74 Å². The van der Waals surface area contributed by atoms with Crippen LogP contribution in [0.5, 0.6) is 5.75 Å². The van der Waals surface area contributed by atoms with Gasteiger partial charge in [-0.15, -0.1) is 0 Å². The highest BCUT2D eigenvalue weighted by Crippen LogP contribution is 2.26. The van der Waals surface area contributed by atoms with Crippen LogP contribution in [0, 0.1) is 0 Å². The van der Waals surface area contributed by atoms with Crippen LogP contribution in [0.25, 0.3) is 0 Å². The number of sulfone groups is 1. The predicted molar refractivity (Wildman–Crippen MR) is 77.6 cm³/mol. The molecule has 0 amide bonds. The van der Waals surface area contributed by atoms with Gasteiger partial charge in [-0.1, -0.05) is 12.8 Å². The monoisotopic (exact) mass is 316 g/mol. The third-order valence-corrected chi connectivity index (χ3v) is 4.88. The highest BCUT2D eigenvalue weighted by atomic mass is 32.2. The zero-order chi connectivity index (χ0) is 15.9. The van der Waals surface area contributed by atoms with Gasteiger partial charge in [-0.3, -0.25) is 0 Å². The quantitative estimate of drug-likeness (QED) is 0.673. The van der Waals surface area contributed by atoms with Crippen molar-refractivity contribution in [2.75, 3.05) is 19.5 Å². The van der Waals surface area contributed by atoms with E-state index >= 15 is 0 Å². The number of hydrogen-bond donors (Lipinski definition) is 2. The van der Waals surface area contributed by atoms with Crippen LogP contribution in [-0.4, -0.2) is 44.1 Å². The Balaban J connectivity index is 2.90. The molecule has 118 valence electrons. The first-order chi connectivity index (χ1) is 9.92. The fourth-order valence-electron chi connectivity index (χ4n) is 1.92. The molecule has 0 atom stereocenters. The minimum absolute atomic E-state index is 0.0716. The van der Waals surface area contributed by atoms with Gasteiger partial charge in [-0.25, -0.2) is 13.2 Å². The number of aromatic carboxylic acids is 1. The van der Waals surface area contributed by atoms with Crippen molar-refractivity contribution in [1.82, 2.24) is 0 Å². The maximum atomic E-state index is 12.3. The maximum absolute atomic E-state index is 12.3. The number of rotatable bonds is 9. The maximum Gasteiger partial charge on any atom is 0.335 e. The number of aliphatic hydroxyl groups is 1. The normalized spacial score (nSPS) is 11.3. The van der Waals surface area contributed by atoms with Crippen LogP contribution in [0.4, 0.5) is 0 Å². The van der Waals surface area contributed by atoms with Crippen LogP contribution in [0.1, 0.15) is 36.0 Å². The Hall–Kier alpha value is -1.60. The topological polar surface area (TPSA) is 101 Å². The largest absolute Gasteiger partial charge is 0.495 e. The molecule has 0 aromatic heterocycles. The molecule has 0 fully saturated rings. The van der Waals surface area contributed by atoms with Gasteiger partial charge in [0.25, 0.3) is 0 Å². The van der Waals surface area contributed by atoms with Crippen molar-refractivity contribution in [3.05, 3.63) is 23.8 Å². The van der Waals surface area contributed by atoms with E-state index in [1.807, 2.05) is 0 Å². The van der Waals surface area contributed by atoms with E-state index in [1.165, 1.54) is 19.2 Å². The lowest BCUT2D eigenvalue weighted by molar-refractivity contribution is 0.0696. The Morgan fingerprint density at radius 2 is 1.86 bits per heavy atom. The third kappa shape index (κ3) is 5.02. The summed E-state index contributed by atoms with van der Waals surface area (Å²) in [5, 5.41) is 17.6. The van der Waals surface area contributed by atoms with Crippen LogP contribution in [0.3, 0.4) is 0 Å². The molecule has 1 aromatic rings. The van der Waals surface area contributed by atoms with E-state index in [0.717, 1.165) is 12.5 Å². The van der Waals surface area contributed by atoms with Gasteiger partial charge in [-0.2, -0.15) is 0 Å². The van der Waals surface area contributed by atoms with Crippen LogP contribution in [0.15, 0.2) is 23.1 Å². The molecule has 0 spiro atoms. The SMILES string of the molecule is COc1ccc(C(=O)O)cc1S(=O)(=O)CCCCCCO. The summed E-state index contributed by atoms with van der Waals surface area (Å²) in [6.45, 7) is 0.0984. The van der Waals surface area contributed by atoms with Crippen molar-refractivity contribution < 1.29 is 28.2 Å². The summed E-state index contributed by atoms with van der Waals surface area (Å²) in [7, 11) is -2.25. The summed E-state index contributed by atoms with van der Waals surface area (Å²) in [6, 6.07) is 3.79. The number of methoxy groups -OCH3 is 1. The first kappa shape index (κ1) is 17.5. The molecular formula is C14H20O6S. The predicted octanol–water partition coefficient (Wildman–Crippen LogP) is 1.72. The van der Waals surface area contributed by atoms with Crippen molar-refractivity contribution in [1.29, 1.82) is 0 Å². The summed E-state index contributed by atoms with van der Waals surface area (Å²) >= 11 is 0. The summed E-state index contributed by atoms with van der Waals surface area (Å²) in [4.78, 5) is 10.9. The number of unbranched alkanes of at least 4 members (excludes halogenated alkanes) is 3. The Bertz CT molecular complexity index is 579. The third-order valence-electron chi connectivity index (χ3n) is 3.07. The molecule has 0 heterocycles. The minimum Gasteiger partial charge on any atom is -0.495 e. The first-order valence-corrected chi connectivity index (χ1v) is 8.32. The average Bonchev–Trinajstić information content (AvgIpc) is 2.46. The zero-order valence-electron chi connectivity index (χ0n) is 11.9. The van der Waals surface area contributed by atoms with Crippen LogP contribution in [0.2, 0.25) is 0 Å². The van der Waals surface area contributed by atoms with Gasteiger partial charge in [0.15, 0.2) is 9.84 Å². The van der Waals surface area contributed by atoms with Gasteiger partial charge in [0.05, 0.1) is 18.4 Å². The molecule has 0 saturated carbocycles.